The Kier molecular flexibility index (Phi) is 14.4. The van der Waals surface area contributed by atoms with Gasteiger partial charge < -0.3 is 34.6 Å². The molecule has 1 atom stereocenters. The van der Waals surface area contributed by atoms with Crippen LogP contribution in [0.1, 0.15) is 45.7 Å². The molecule has 0 unspecified atom stereocenters. The third-order valence-electron chi connectivity index (χ3n) is 12.6. The number of amides is 2. The van der Waals surface area contributed by atoms with Gasteiger partial charge in [-0.2, -0.15) is 4.98 Å². The largest absolute Gasteiger partial charge is 0.508 e. The number of thiophene rings is 1. The highest BCUT2D eigenvalue weighted by atomic mass is 35.5. The van der Waals surface area contributed by atoms with Crippen LogP contribution >= 0.6 is 34.5 Å². The molecule has 0 aliphatic carbocycles. The number of piperazine rings is 1. The molecular weight excluding hydrogens is 955 g/mol. The molecule has 0 saturated carbocycles. The highest BCUT2D eigenvalue weighted by Crippen LogP contribution is 2.43. The fourth-order valence-corrected chi connectivity index (χ4v) is 10.5. The molecule has 1 saturated heterocycles. The van der Waals surface area contributed by atoms with Gasteiger partial charge in [0.25, 0.3) is 0 Å². The first-order valence-corrected chi connectivity index (χ1v) is 24.5. The van der Waals surface area contributed by atoms with E-state index in [4.69, 9.17) is 47.6 Å². The normalized spacial score (nSPS) is 14.6. The summed E-state index contributed by atoms with van der Waals surface area (Å²) in [5.74, 6) is 1.04. The third-order valence-corrected chi connectivity index (χ3v) is 14.4. The van der Waals surface area contributed by atoms with E-state index in [0.29, 0.717) is 60.3 Å². The Bertz CT molecular complexity index is 3170. The summed E-state index contributed by atoms with van der Waals surface area (Å²) in [4.78, 5) is 47.3. The van der Waals surface area contributed by atoms with E-state index in [2.05, 4.69) is 35.9 Å². The van der Waals surface area contributed by atoms with Gasteiger partial charge in [-0.25, -0.2) is 9.37 Å². The van der Waals surface area contributed by atoms with Crippen LogP contribution in [-0.2, 0) is 19.1 Å². The lowest BCUT2D eigenvalue weighted by Crippen LogP contribution is -2.48. The molecule has 362 valence electrons. The van der Waals surface area contributed by atoms with Crippen molar-refractivity contribution in [1.82, 2.24) is 34.9 Å². The summed E-state index contributed by atoms with van der Waals surface area (Å²) < 4.78 is 30.8. The molecule has 19 heteroatoms. The molecule has 70 heavy (non-hydrogen) atoms. The van der Waals surface area contributed by atoms with E-state index in [0.717, 1.165) is 48.9 Å². The maximum absolute atomic E-state index is 17.1. The quantitative estimate of drug-likeness (QED) is 0.0705. The number of hydrogen-bond acceptors (Lipinski definition) is 13. The number of fused-ring (bicyclic) bond motifs is 5. The Labute approximate surface area is 418 Å². The Hall–Kier alpha value is -6.50. The molecule has 2 aliphatic heterocycles. The second-order valence-corrected chi connectivity index (χ2v) is 19.2. The number of ether oxygens (including phenoxy) is 2. The van der Waals surface area contributed by atoms with E-state index in [1.807, 2.05) is 64.9 Å². The number of likely N-dealkylation sites (N-methyl/N-ethyl adjacent to an activating group) is 1. The van der Waals surface area contributed by atoms with Crippen molar-refractivity contribution in [2.75, 3.05) is 82.5 Å². The van der Waals surface area contributed by atoms with Crippen LogP contribution in [0.15, 0.2) is 84.4 Å². The van der Waals surface area contributed by atoms with Gasteiger partial charge in [-0.05, 0) is 79.1 Å². The molecule has 5 heterocycles. The van der Waals surface area contributed by atoms with Gasteiger partial charge in [0.2, 0.25) is 17.8 Å². The molecule has 9 rings (SSSR count). The second kappa shape index (κ2) is 20.8. The highest BCUT2D eigenvalue weighted by molar-refractivity contribution is 7.15. The summed E-state index contributed by atoms with van der Waals surface area (Å²) in [7, 11) is 1.80. The number of aliphatic imine (C=N–C) groups is 1. The molecule has 2 N–H and O–H groups in total. The lowest BCUT2D eigenvalue weighted by Gasteiger charge is -2.35. The average Bonchev–Trinajstić information content (AvgIpc) is 3.84. The van der Waals surface area contributed by atoms with Crippen molar-refractivity contribution in [2.45, 2.75) is 33.2 Å². The standard InChI is InChI=1S/C51H51Cl2FN10O5S/c1-6-42(67)62-16-18-63(19-17-62)48-38-27-39(53)44(37-26-35(65)25-33-9-7-8-10-36(33)37)45(54)47(38)57-51(58-48)61(5)20-22-69-24-23-68-21-15-55-41(66)28-40-49-60-59-31(4)64(49)50-43(29(2)30(3)70-50)46(56-40)32-11-13-34(52)14-12-32/h6-14,25-27,40,65H,1,15-24,28H2,2-5H3,(H,55,66)/t40-/m0/s1. The fourth-order valence-electron chi connectivity index (χ4n) is 8.86. The fraction of sp³-hybridized carbons (Fsp3) is 0.314. The van der Waals surface area contributed by atoms with E-state index in [1.54, 1.807) is 40.3 Å². The summed E-state index contributed by atoms with van der Waals surface area (Å²) >= 11 is 14.8. The number of aromatic hydroxyl groups is 1. The molecule has 2 aliphatic rings. The monoisotopic (exact) mass is 1000 g/mol. The first-order valence-electron chi connectivity index (χ1n) is 22.9. The minimum Gasteiger partial charge on any atom is -0.508 e. The predicted octanol–water partition coefficient (Wildman–Crippen LogP) is 8.57. The minimum atomic E-state index is -0.648. The summed E-state index contributed by atoms with van der Waals surface area (Å²) in [6.45, 7) is 13.2. The van der Waals surface area contributed by atoms with Gasteiger partial charge in [0.1, 0.15) is 34.0 Å². The van der Waals surface area contributed by atoms with E-state index in [9.17, 15) is 14.7 Å². The van der Waals surface area contributed by atoms with Crippen LogP contribution in [0.5, 0.6) is 5.75 Å². The van der Waals surface area contributed by atoms with Crippen molar-refractivity contribution in [3.05, 3.63) is 128 Å². The summed E-state index contributed by atoms with van der Waals surface area (Å²) in [5, 5.41) is 26.1. The lowest BCUT2D eigenvalue weighted by atomic mass is 9.96. The molecule has 3 aromatic heterocycles. The SMILES string of the molecule is C=CC(=O)N1CCN(c2nc(N(C)CCOCCOCCNC(=O)C[C@@H]3N=C(c4ccc(Cl)cc4)c4c(sc(C)c4C)-n4c(C)nnc43)nc3c(F)c(-c4cc(O)cc5ccccc45)c(Cl)cc23)CC1. The Balaban J connectivity index is 0.822. The van der Waals surface area contributed by atoms with E-state index < -0.39 is 11.9 Å². The summed E-state index contributed by atoms with van der Waals surface area (Å²) in [6.07, 6.45) is 1.36. The van der Waals surface area contributed by atoms with Gasteiger partial charge in [-0.3, -0.25) is 19.1 Å². The number of phenols is 1. The maximum Gasteiger partial charge on any atom is 0.246 e. The maximum atomic E-state index is 17.1. The first kappa shape index (κ1) is 48.5. The molecule has 7 aromatic rings. The number of hydrogen-bond donors (Lipinski definition) is 2. The van der Waals surface area contributed by atoms with Gasteiger partial charge >= 0.3 is 0 Å². The van der Waals surface area contributed by atoms with Crippen molar-refractivity contribution in [2.24, 2.45) is 4.99 Å². The zero-order valence-electron chi connectivity index (χ0n) is 39.1. The molecule has 2 amide bonds. The predicted molar refractivity (Wildman–Crippen MR) is 274 cm³/mol. The van der Waals surface area contributed by atoms with Crippen LogP contribution in [0.25, 0.3) is 37.8 Å². The zero-order chi connectivity index (χ0) is 49.2. The number of halogens is 3. The average molecular weight is 1010 g/mol. The van der Waals surface area contributed by atoms with Crippen LogP contribution in [0.2, 0.25) is 10.0 Å². The van der Waals surface area contributed by atoms with Gasteiger partial charge in [-0.15, -0.1) is 21.5 Å². The van der Waals surface area contributed by atoms with Crippen molar-refractivity contribution in [1.29, 1.82) is 0 Å². The van der Waals surface area contributed by atoms with E-state index in [-0.39, 0.29) is 79.0 Å². The number of phenolic OH excluding ortho intramolecular Hbond substituents is 1. The van der Waals surface area contributed by atoms with Crippen LogP contribution in [0.4, 0.5) is 16.2 Å². The van der Waals surface area contributed by atoms with Crippen molar-refractivity contribution >= 4 is 85.5 Å². The van der Waals surface area contributed by atoms with Crippen molar-refractivity contribution < 1.29 is 28.6 Å². The number of carbonyl (C=O) groups excluding carboxylic acids is 2. The Morgan fingerprint density at radius 1 is 0.943 bits per heavy atom. The number of nitrogens with one attached hydrogen (secondary N) is 1. The Morgan fingerprint density at radius 3 is 2.44 bits per heavy atom. The van der Waals surface area contributed by atoms with Crippen LogP contribution in [0.3, 0.4) is 0 Å². The van der Waals surface area contributed by atoms with Crippen LogP contribution < -0.4 is 15.1 Å². The lowest BCUT2D eigenvalue weighted by molar-refractivity contribution is -0.126. The molecular formula is C51H51Cl2FN10O5S. The first-order chi connectivity index (χ1) is 33.8. The topological polar surface area (TPSA) is 163 Å². The molecule has 0 radical (unpaired) electrons. The van der Waals surface area contributed by atoms with E-state index >= 15 is 4.39 Å². The van der Waals surface area contributed by atoms with Gasteiger partial charge in [-0.1, -0.05) is 66.2 Å². The van der Waals surface area contributed by atoms with Crippen molar-refractivity contribution in [3.63, 3.8) is 0 Å². The summed E-state index contributed by atoms with van der Waals surface area (Å²) in [6, 6.07) is 19.2. The molecule has 0 bridgehead atoms. The Morgan fingerprint density at radius 2 is 1.69 bits per heavy atom. The number of nitrogens with zero attached hydrogens (tertiary/aromatic N) is 9. The highest BCUT2D eigenvalue weighted by Gasteiger charge is 2.33. The van der Waals surface area contributed by atoms with Crippen LogP contribution in [-0.4, -0.2) is 125 Å². The number of anilines is 2. The molecule has 0 spiro atoms. The number of aromatic nitrogens is 5. The van der Waals surface area contributed by atoms with Gasteiger partial charge in [0.15, 0.2) is 11.6 Å². The third kappa shape index (κ3) is 9.81. The van der Waals surface area contributed by atoms with Crippen molar-refractivity contribution in [3.8, 4) is 21.9 Å². The number of carbonyl (C=O) groups is 2. The number of rotatable bonds is 16. The smallest absolute Gasteiger partial charge is 0.246 e. The van der Waals surface area contributed by atoms with Gasteiger partial charge in [0, 0.05) is 78.3 Å². The molecule has 4 aromatic carbocycles. The van der Waals surface area contributed by atoms with Crippen LogP contribution in [0, 0.1) is 26.6 Å². The number of benzene rings is 4. The second-order valence-electron chi connectivity index (χ2n) is 17.1. The molecule has 15 nitrogen and oxygen atoms in total. The van der Waals surface area contributed by atoms with E-state index in [1.165, 1.54) is 12.1 Å². The summed E-state index contributed by atoms with van der Waals surface area (Å²) in [5.41, 5.74) is 4.40. The molecule has 1 fully saturated rings. The minimum absolute atomic E-state index is 0.0241. The number of aryl methyl sites for hydroxylation is 2. The zero-order valence-corrected chi connectivity index (χ0v) is 41.5. The van der Waals surface area contributed by atoms with Gasteiger partial charge in [0.05, 0.1) is 43.6 Å².